The van der Waals surface area contributed by atoms with Crippen molar-refractivity contribution in [3.05, 3.63) is 47.5 Å². The largest absolute Gasteiger partial charge is 0.467 e. The van der Waals surface area contributed by atoms with E-state index < -0.39 is 41.5 Å². The molecule has 4 rings (SSSR count). The minimum absolute atomic E-state index is 0.0525. The third-order valence-electron chi connectivity index (χ3n) is 5.97. The molecule has 50 heavy (non-hydrogen) atoms. The second-order valence-electron chi connectivity index (χ2n) is 11.3. The fourth-order valence-corrected chi connectivity index (χ4v) is 5.47. The first-order chi connectivity index (χ1) is 23.1. The van der Waals surface area contributed by atoms with Crippen LogP contribution in [0.5, 0.6) is 12.0 Å². The van der Waals surface area contributed by atoms with Gasteiger partial charge in [0.25, 0.3) is 20.2 Å². The Labute approximate surface area is 286 Å². The van der Waals surface area contributed by atoms with Gasteiger partial charge < -0.3 is 41.0 Å². The Morgan fingerprint density at radius 1 is 0.600 bits per heavy atom. The summed E-state index contributed by atoms with van der Waals surface area (Å²) in [5.74, 6) is -0.310. The van der Waals surface area contributed by atoms with Gasteiger partial charge in [-0.05, 0) is 63.1 Å². The minimum atomic E-state index is -4.84. The second-order valence-corrected chi connectivity index (χ2v) is 14.1. The molecule has 0 aliphatic heterocycles. The standard InChI is InChI=1S/C28H34N10O10S2/c1-27(2,39)37-23-31-21(33-25(35-23)47-5)29-17-11-9-15(19(13-17)49(41,42)43)7-8-16-10-12-18(14-20(16)50(44,45)46)30-22-32-24(38-28(3,4)40)36-26(34-22)48-6/h7-14,39-40H,1-6H3,(H,41,42,43)(H,44,45,46)(H2,29,31,33,35,37)(H2,30,32,34,36,38)/b8-7+. The zero-order valence-electron chi connectivity index (χ0n) is 27.4. The molecule has 2 aromatic heterocycles. The molecule has 0 radical (unpaired) electrons. The Hall–Kier alpha value is -5.26. The predicted molar refractivity (Wildman–Crippen MR) is 181 cm³/mol. The van der Waals surface area contributed by atoms with Gasteiger partial charge in [-0.2, -0.15) is 46.7 Å². The molecule has 0 amide bonds. The quantitative estimate of drug-likeness (QED) is 0.0524. The maximum Gasteiger partial charge on any atom is 0.322 e. The highest BCUT2D eigenvalue weighted by atomic mass is 32.2. The van der Waals surface area contributed by atoms with Crippen molar-refractivity contribution >= 4 is 67.6 Å². The van der Waals surface area contributed by atoms with Crippen molar-refractivity contribution in [1.82, 2.24) is 29.9 Å². The van der Waals surface area contributed by atoms with Gasteiger partial charge in [-0.25, -0.2) is 0 Å². The van der Waals surface area contributed by atoms with Crippen LogP contribution in [0, 0.1) is 0 Å². The fourth-order valence-electron chi connectivity index (χ4n) is 4.05. The number of aromatic nitrogens is 6. The van der Waals surface area contributed by atoms with Crippen molar-refractivity contribution in [2.24, 2.45) is 0 Å². The summed E-state index contributed by atoms with van der Waals surface area (Å²) in [7, 11) is -7.07. The molecule has 0 saturated heterocycles. The summed E-state index contributed by atoms with van der Waals surface area (Å²) in [4.78, 5) is 23.2. The molecule has 0 unspecified atom stereocenters. The monoisotopic (exact) mass is 734 g/mol. The van der Waals surface area contributed by atoms with Gasteiger partial charge in [0.15, 0.2) is 0 Å². The van der Waals surface area contributed by atoms with Crippen LogP contribution in [0.3, 0.4) is 0 Å². The number of rotatable bonds is 14. The van der Waals surface area contributed by atoms with E-state index in [0.717, 1.165) is 12.1 Å². The summed E-state index contributed by atoms with van der Waals surface area (Å²) >= 11 is 0. The number of ether oxygens (including phenoxy) is 2. The number of methoxy groups -OCH3 is 2. The molecule has 0 fully saturated rings. The molecule has 0 atom stereocenters. The molecule has 2 heterocycles. The van der Waals surface area contributed by atoms with Gasteiger partial charge in [-0.15, -0.1) is 0 Å². The van der Waals surface area contributed by atoms with E-state index in [0.29, 0.717) is 0 Å². The first-order valence-corrected chi connectivity index (χ1v) is 17.1. The van der Waals surface area contributed by atoms with E-state index in [9.17, 15) is 36.2 Å². The van der Waals surface area contributed by atoms with Crippen molar-refractivity contribution in [2.75, 3.05) is 35.5 Å². The zero-order valence-corrected chi connectivity index (χ0v) is 29.0. The SMILES string of the molecule is COc1nc(Nc2ccc(/C=C/c3ccc(Nc4nc(NC(C)(C)O)nc(OC)n4)cc3S(=O)(=O)O)c(S(=O)(=O)O)c2)nc(NC(C)(C)O)n1. The first-order valence-electron chi connectivity index (χ1n) is 14.2. The molecular formula is C28H34N10O10S2. The van der Waals surface area contributed by atoms with Gasteiger partial charge in [0.2, 0.25) is 23.8 Å². The number of benzene rings is 2. The highest BCUT2D eigenvalue weighted by Crippen LogP contribution is 2.28. The van der Waals surface area contributed by atoms with Gasteiger partial charge in [-0.1, -0.05) is 24.3 Å². The Morgan fingerprint density at radius 2 is 0.940 bits per heavy atom. The maximum atomic E-state index is 12.4. The Morgan fingerprint density at radius 3 is 1.24 bits per heavy atom. The van der Waals surface area contributed by atoms with Crippen molar-refractivity contribution < 1.29 is 45.6 Å². The molecule has 0 aliphatic carbocycles. The molecule has 8 N–H and O–H groups in total. The topological polar surface area (TPSA) is 293 Å². The molecular weight excluding hydrogens is 701 g/mol. The van der Waals surface area contributed by atoms with E-state index in [1.807, 2.05) is 0 Å². The number of nitrogens with zero attached hydrogens (tertiary/aromatic N) is 6. The number of anilines is 6. The van der Waals surface area contributed by atoms with Crippen LogP contribution in [0.1, 0.15) is 38.8 Å². The molecule has 0 saturated carbocycles. The van der Waals surface area contributed by atoms with Crippen LogP contribution >= 0.6 is 0 Å². The number of hydrogen-bond donors (Lipinski definition) is 8. The van der Waals surface area contributed by atoms with Gasteiger partial charge in [0.1, 0.15) is 21.2 Å². The first kappa shape index (κ1) is 37.6. The van der Waals surface area contributed by atoms with E-state index >= 15 is 0 Å². The molecule has 2 aromatic carbocycles. The predicted octanol–water partition coefficient (Wildman–Crippen LogP) is 2.51. The Balaban J connectivity index is 1.67. The average molecular weight is 735 g/mol. The van der Waals surface area contributed by atoms with Crippen LogP contribution < -0.4 is 30.7 Å². The summed E-state index contributed by atoms with van der Waals surface area (Å²) in [6, 6.07) is 7.38. The van der Waals surface area contributed by atoms with Gasteiger partial charge in [-0.3, -0.25) is 9.11 Å². The van der Waals surface area contributed by atoms with E-state index in [2.05, 4.69) is 51.2 Å². The second kappa shape index (κ2) is 14.3. The highest BCUT2D eigenvalue weighted by Gasteiger charge is 2.21. The van der Waals surface area contributed by atoms with Gasteiger partial charge >= 0.3 is 12.0 Å². The molecule has 0 bridgehead atoms. The van der Waals surface area contributed by atoms with E-state index in [1.54, 1.807) is 0 Å². The van der Waals surface area contributed by atoms with Crippen LogP contribution in [-0.4, -0.2) is 91.7 Å². The minimum Gasteiger partial charge on any atom is -0.467 e. The molecule has 0 spiro atoms. The molecule has 4 aromatic rings. The normalized spacial score (nSPS) is 12.4. The van der Waals surface area contributed by atoms with Crippen LogP contribution in [0.2, 0.25) is 0 Å². The maximum absolute atomic E-state index is 12.4. The lowest BCUT2D eigenvalue weighted by atomic mass is 10.1. The van der Waals surface area contributed by atoms with Gasteiger partial charge in [0.05, 0.1) is 14.2 Å². The number of hydrogen-bond acceptors (Lipinski definition) is 18. The summed E-state index contributed by atoms with van der Waals surface area (Å²) in [5.41, 5.74) is -2.68. The van der Waals surface area contributed by atoms with Crippen LogP contribution in [0.25, 0.3) is 12.2 Å². The lowest BCUT2D eigenvalue weighted by Gasteiger charge is -2.19. The smallest absolute Gasteiger partial charge is 0.322 e. The number of aliphatic hydroxyl groups is 2. The Kier molecular flexibility index (Phi) is 10.7. The molecule has 268 valence electrons. The van der Waals surface area contributed by atoms with Crippen LogP contribution in [-0.2, 0) is 20.2 Å². The lowest BCUT2D eigenvalue weighted by Crippen LogP contribution is -2.31. The van der Waals surface area contributed by atoms with Crippen molar-refractivity contribution in [3.63, 3.8) is 0 Å². The zero-order chi connectivity index (χ0) is 37.1. The third kappa shape index (κ3) is 10.6. The average Bonchev–Trinajstić information content (AvgIpc) is 2.97. The van der Waals surface area contributed by atoms with E-state index in [1.165, 1.54) is 78.3 Å². The van der Waals surface area contributed by atoms with Crippen molar-refractivity contribution in [1.29, 1.82) is 0 Å². The van der Waals surface area contributed by atoms with Gasteiger partial charge in [0, 0.05) is 11.4 Å². The van der Waals surface area contributed by atoms with E-state index in [-0.39, 0.29) is 58.3 Å². The van der Waals surface area contributed by atoms with Crippen LogP contribution in [0.4, 0.5) is 35.2 Å². The third-order valence-corrected chi connectivity index (χ3v) is 7.79. The summed E-state index contributed by atoms with van der Waals surface area (Å²) in [5, 5.41) is 30.9. The molecule has 22 heteroatoms. The summed E-state index contributed by atoms with van der Waals surface area (Å²) < 4.78 is 79.7. The van der Waals surface area contributed by atoms with Crippen LogP contribution in [0.15, 0.2) is 46.2 Å². The van der Waals surface area contributed by atoms with E-state index in [4.69, 9.17) is 9.47 Å². The van der Waals surface area contributed by atoms with Crippen molar-refractivity contribution in [2.45, 2.75) is 48.9 Å². The lowest BCUT2D eigenvalue weighted by molar-refractivity contribution is 0.110. The summed E-state index contributed by atoms with van der Waals surface area (Å²) in [6.07, 6.45) is 2.43. The molecule has 0 aliphatic rings. The van der Waals surface area contributed by atoms with Crippen molar-refractivity contribution in [3.8, 4) is 12.0 Å². The number of nitrogens with one attached hydrogen (secondary N) is 4. The summed E-state index contributed by atoms with van der Waals surface area (Å²) in [6.45, 7) is 5.81. The highest BCUT2D eigenvalue weighted by molar-refractivity contribution is 7.86. The fraction of sp³-hybridized carbons (Fsp3) is 0.286. The Bertz CT molecular complexity index is 1980. The molecule has 20 nitrogen and oxygen atoms in total.